The van der Waals surface area contributed by atoms with Gasteiger partial charge in [-0.25, -0.2) is 0 Å². The minimum absolute atomic E-state index is 0.271. The molecule has 0 saturated heterocycles. The molecule has 142 valence electrons. The van der Waals surface area contributed by atoms with Crippen LogP contribution in [0.4, 0.5) is 0 Å². The van der Waals surface area contributed by atoms with Crippen LogP contribution in [0, 0.1) is 0 Å². The van der Waals surface area contributed by atoms with Gasteiger partial charge in [-0.3, -0.25) is 4.79 Å². The highest BCUT2D eigenvalue weighted by Gasteiger charge is 2.46. The van der Waals surface area contributed by atoms with Crippen molar-refractivity contribution in [3.8, 4) is 0 Å². The predicted octanol–water partition coefficient (Wildman–Crippen LogP) is 5.32. The summed E-state index contributed by atoms with van der Waals surface area (Å²) in [5, 5.41) is 11.2. The Kier molecular flexibility index (Phi) is 5.37. The highest BCUT2D eigenvalue weighted by molar-refractivity contribution is 6.01. The van der Waals surface area contributed by atoms with Gasteiger partial charge in [-0.1, -0.05) is 121 Å². The second-order valence-electron chi connectivity index (χ2n) is 7.03. The second kappa shape index (κ2) is 8.26. The summed E-state index contributed by atoms with van der Waals surface area (Å²) in [7, 11) is 0. The van der Waals surface area contributed by atoms with Crippen molar-refractivity contribution in [2.45, 2.75) is 11.5 Å². The van der Waals surface area contributed by atoms with Gasteiger partial charge in [0.15, 0.2) is 5.78 Å². The molecule has 0 radical (unpaired) electrons. The highest BCUT2D eigenvalue weighted by Crippen LogP contribution is 2.43. The van der Waals surface area contributed by atoms with Crippen LogP contribution in [0.2, 0.25) is 0 Å². The molecule has 0 heterocycles. The van der Waals surface area contributed by atoms with Gasteiger partial charge < -0.3 is 5.11 Å². The van der Waals surface area contributed by atoms with Crippen molar-refractivity contribution >= 4 is 5.78 Å². The highest BCUT2D eigenvalue weighted by atomic mass is 16.3. The maximum absolute atomic E-state index is 14.1. The second-order valence-corrected chi connectivity index (χ2v) is 7.03. The van der Waals surface area contributed by atoms with Crippen molar-refractivity contribution in [3.05, 3.63) is 144 Å². The summed E-state index contributed by atoms with van der Waals surface area (Å²) < 4.78 is 0. The Morgan fingerprint density at radius 1 is 0.552 bits per heavy atom. The molecule has 2 nitrogen and oxygen atoms in total. The number of carbonyl (C=O) groups is 1. The van der Waals surface area contributed by atoms with Crippen LogP contribution in [-0.4, -0.2) is 10.9 Å². The number of ketones is 1. The standard InChI is InChI=1S/C27H22O2/c28-25(21-13-5-1-6-14-21)26(29)27(22-15-7-2-8-16-22,23-17-9-3-10-18-23)24-19-11-4-12-20-24/h1-20,25,28H. The molecule has 4 aromatic carbocycles. The van der Waals surface area contributed by atoms with Gasteiger partial charge in [0.05, 0.1) is 0 Å². The molecule has 1 atom stereocenters. The zero-order valence-electron chi connectivity index (χ0n) is 16.0. The number of hydrogen-bond acceptors (Lipinski definition) is 2. The van der Waals surface area contributed by atoms with E-state index in [2.05, 4.69) is 0 Å². The molecule has 0 bridgehead atoms. The van der Waals surface area contributed by atoms with Gasteiger partial charge in [-0.2, -0.15) is 0 Å². The van der Waals surface area contributed by atoms with Crippen LogP contribution in [0.25, 0.3) is 0 Å². The lowest BCUT2D eigenvalue weighted by Gasteiger charge is -2.36. The number of Topliss-reactive ketones (excluding diaryl/α,β-unsaturated/α-hetero) is 1. The summed E-state index contributed by atoms with van der Waals surface area (Å²) in [4.78, 5) is 14.1. The molecule has 4 aromatic rings. The quantitative estimate of drug-likeness (QED) is 0.461. The minimum Gasteiger partial charge on any atom is -0.380 e. The summed E-state index contributed by atoms with van der Waals surface area (Å²) in [5.41, 5.74) is 1.95. The van der Waals surface area contributed by atoms with Gasteiger partial charge in [-0.05, 0) is 22.3 Å². The van der Waals surface area contributed by atoms with Crippen LogP contribution in [0.15, 0.2) is 121 Å². The van der Waals surface area contributed by atoms with Crippen molar-refractivity contribution in [3.63, 3.8) is 0 Å². The summed E-state index contributed by atoms with van der Waals surface area (Å²) in [6, 6.07) is 38.2. The zero-order valence-corrected chi connectivity index (χ0v) is 16.0. The Bertz CT molecular complexity index is 962. The van der Waals surface area contributed by atoms with Crippen LogP contribution in [-0.2, 0) is 10.2 Å². The van der Waals surface area contributed by atoms with E-state index in [0.29, 0.717) is 5.56 Å². The first kappa shape index (κ1) is 18.9. The summed E-state index contributed by atoms with van der Waals surface area (Å²) in [5.74, 6) is -0.271. The topological polar surface area (TPSA) is 37.3 Å². The van der Waals surface area contributed by atoms with Gasteiger partial charge in [0.2, 0.25) is 0 Å². The van der Waals surface area contributed by atoms with E-state index in [9.17, 15) is 9.90 Å². The SMILES string of the molecule is O=C(C(O)c1ccccc1)C(c1ccccc1)(c1ccccc1)c1ccccc1. The lowest BCUT2D eigenvalue weighted by molar-refractivity contribution is -0.130. The van der Waals surface area contributed by atoms with E-state index in [-0.39, 0.29) is 5.78 Å². The summed E-state index contributed by atoms with van der Waals surface area (Å²) >= 11 is 0. The Morgan fingerprint density at radius 2 is 0.862 bits per heavy atom. The third-order valence-electron chi connectivity index (χ3n) is 5.35. The molecular weight excluding hydrogens is 356 g/mol. The molecule has 4 rings (SSSR count). The average molecular weight is 378 g/mol. The molecule has 0 spiro atoms. The molecule has 29 heavy (non-hydrogen) atoms. The molecule has 2 heteroatoms. The molecule has 0 aliphatic carbocycles. The maximum Gasteiger partial charge on any atom is 0.185 e. The van der Waals surface area contributed by atoms with Crippen molar-refractivity contribution in [2.75, 3.05) is 0 Å². The Balaban J connectivity index is 2.02. The lowest BCUT2D eigenvalue weighted by Crippen LogP contribution is -2.41. The van der Waals surface area contributed by atoms with E-state index >= 15 is 0 Å². The first-order valence-electron chi connectivity index (χ1n) is 9.68. The fourth-order valence-electron chi connectivity index (χ4n) is 3.98. The van der Waals surface area contributed by atoms with Gasteiger partial charge in [0, 0.05) is 0 Å². The normalized spacial score (nSPS) is 12.3. The fourth-order valence-corrected chi connectivity index (χ4v) is 3.98. The van der Waals surface area contributed by atoms with E-state index in [1.807, 2.05) is 109 Å². The Labute approximate surface area is 171 Å². The number of aliphatic hydroxyl groups is 1. The molecular formula is C27H22O2. The third-order valence-corrected chi connectivity index (χ3v) is 5.35. The average Bonchev–Trinajstić information content (AvgIpc) is 2.82. The van der Waals surface area contributed by atoms with Crippen LogP contribution < -0.4 is 0 Å². The van der Waals surface area contributed by atoms with Crippen molar-refractivity contribution < 1.29 is 9.90 Å². The van der Waals surface area contributed by atoms with Gasteiger partial charge in [0.25, 0.3) is 0 Å². The molecule has 0 amide bonds. The van der Waals surface area contributed by atoms with Crippen molar-refractivity contribution in [2.24, 2.45) is 0 Å². The minimum atomic E-state index is -1.25. The number of rotatable bonds is 6. The number of hydrogen-bond donors (Lipinski definition) is 1. The Hall–Kier alpha value is -3.49. The predicted molar refractivity (Wildman–Crippen MR) is 116 cm³/mol. The van der Waals surface area contributed by atoms with E-state index in [0.717, 1.165) is 16.7 Å². The zero-order chi connectivity index (χ0) is 20.1. The summed E-state index contributed by atoms with van der Waals surface area (Å²) in [6.07, 6.45) is -1.25. The molecule has 0 aliphatic heterocycles. The number of aliphatic hydroxyl groups excluding tert-OH is 1. The molecule has 0 fully saturated rings. The Morgan fingerprint density at radius 3 is 1.21 bits per heavy atom. The summed E-state index contributed by atoms with van der Waals surface area (Å²) in [6.45, 7) is 0. The molecule has 0 aromatic heterocycles. The van der Waals surface area contributed by atoms with Crippen LogP contribution in [0.1, 0.15) is 28.4 Å². The molecule has 0 saturated carbocycles. The fraction of sp³-hybridized carbons (Fsp3) is 0.0741. The van der Waals surface area contributed by atoms with Crippen molar-refractivity contribution in [1.82, 2.24) is 0 Å². The molecule has 0 aliphatic rings. The van der Waals surface area contributed by atoms with E-state index in [1.54, 1.807) is 12.1 Å². The van der Waals surface area contributed by atoms with E-state index < -0.39 is 11.5 Å². The van der Waals surface area contributed by atoms with Gasteiger partial charge >= 0.3 is 0 Å². The number of benzene rings is 4. The first-order chi connectivity index (χ1) is 14.2. The smallest absolute Gasteiger partial charge is 0.185 e. The third kappa shape index (κ3) is 3.39. The van der Waals surface area contributed by atoms with Crippen LogP contribution in [0.3, 0.4) is 0 Å². The van der Waals surface area contributed by atoms with Gasteiger partial charge in [0.1, 0.15) is 11.5 Å². The van der Waals surface area contributed by atoms with Gasteiger partial charge in [-0.15, -0.1) is 0 Å². The lowest BCUT2D eigenvalue weighted by atomic mass is 9.65. The van der Waals surface area contributed by atoms with E-state index in [1.165, 1.54) is 0 Å². The maximum atomic E-state index is 14.1. The number of carbonyl (C=O) groups excluding carboxylic acids is 1. The monoisotopic (exact) mass is 378 g/mol. The van der Waals surface area contributed by atoms with Crippen LogP contribution in [0.5, 0.6) is 0 Å². The van der Waals surface area contributed by atoms with Crippen LogP contribution >= 0.6 is 0 Å². The molecule has 1 N–H and O–H groups in total. The van der Waals surface area contributed by atoms with E-state index in [4.69, 9.17) is 0 Å². The molecule has 1 unspecified atom stereocenters. The van der Waals surface area contributed by atoms with Crippen molar-refractivity contribution in [1.29, 1.82) is 0 Å². The largest absolute Gasteiger partial charge is 0.380 e. The first-order valence-corrected chi connectivity index (χ1v) is 9.68.